The fraction of sp³-hybridized carbons (Fsp3) is 0.280. The molecule has 1 fully saturated rings. The van der Waals surface area contributed by atoms with Gasteiger partial charge in [-0.25, -0.2) is 12.8 Å². The summed E-state index contributed by atoms with van der Waals surface area (Å²) in [6.45, 7) is 1.83. The molecule has 0 saturated carbocycles. The minimum absolute atomic E-state index is 0.00806. The molecule has 1 N–H and O–H groups in total. The highest BCUT2D eigenvalue weighted by atomic mass is 32.2. The van der Waals surface area contributed by atoms with Crippen molar-refractivity contribution in [2.75, 3.05) is 25.5 Å². The molecular weight excluding hydrogens is 473 g/mol. The van der Waals surface area contributed by atoms with Gasteiger partial charge in [0.05, 0.1) is 13.0 Å². The van der Waals surface area contributed by atoms with Crippen LogP contribution in [0.5, 0.6) is 5.75 Å². The second-order valence-electron chi connectivity index (χ2n) is 8.24. The number of sulfonamides is 1. The molecule has 1 aliphatic heterocycles. The maximum absolute atomic E-state index is 14.0. The zero-order valence-corrected chi connectivity index (χ0v) is 20.2. The number of anilines is 1. The van der Waals surface area contributed by atoms with Crippen LogP contribution in [-0.2, 0) is 14.8 Å². The quantitative estimate of drug-likeness (QED) is 0.519. The first-order chi connectivity index (χ1) is 16.8. The molecule has 10 heteroatoms. The van der Waals surface area contributed by atoms with Gasteiger partial charge in [-0.1, -0.05) is 29.4 Å². The van der Waals surface area contributed by atoms with Gasteiger partial charge in [-0.2, -0.15) is 4.31 Å². The normalized spacial score (nSPS) is 16.9. The van der Waals surface area contributed by atoms with Gasteiger partial charge in [0, 0.05) is 30.4 Å². The molecule has 0 radical (unpaired) electrons. The summed E-state index contributed by atoms with van der Waals surface area (Å²) in [5.74, 6) is -0.615. The van der Waals surface area contributed by atoms with E-state index in [0.717, 1.165) is 0 Å². The number of methoxy groups -OCH3 is 1. The summed E-state index contributed by atoms with van der Waals surface area (Å²) in [6.07, 6.45) is 3.92. The Morgan fingerprint density at radius 2 is 2.03 bits per heavy atom. The van der Waals surface area contributed by atoms with E-state index < -0.39 is 21.8 Å². The minimum Gasteiger partial charge on any atom is -0.497 e. The maximum atomic E-state index is 14.0. The fourth-order valence-electron chi connectivity index (χ4n) is 4.02. The molecule has 4 rings (SSSR count). The molecule has 1 aliphatic rings. The van der Waals surface area contributed by atoms with E-state index in [-0.39, 0.29) is 40.9 Å². The first-order valence-corrected chi connectivity index (χ1v) is 12.6. The number of ether oxygens (including phenoxy) is 1. The largest absolute Gasteiger partial charge is 0.497 e. The Kier molecular flexibility index (Phi) is 7.32. The molecule has 1 saturated heterocycles. The van der Waals surface area contributed by atoms with Gasteiger partial charge in [0.15, 0.2) is 10.7 Å². The first kappa shape index (κ1) is 24.6. The Balaban J connectivity index is 1.53. The summed E-state index contributed by atoms with van der Waals surface area (Å²) in [5, 5.41) is 6.66. The van der Waals surface area contributed by atoms with Crippen molar-refractivity contribution in [3.05, 3.63) is 71.4 Å². The van der Waals surface area contributed by atoms with E-state index in [4.69, 9.17) is 9.26 Å². The van der Waals surface area contributed by atoms with Crippen molar-refractivity contribution in [2.24, 2.45) is 5.92 Å². The van der Waals surface area contributed by atoms with Gasteiger partial charge in [0.1, 0.15) is 17.3 Å². The second kappa shape index (κ2) is 10.4. The van der Waals surface area contributed by atoms with Crippen LogP contribution in [0.3, 0.4) is 0 Å². The Morgan fingerprint density at radius 1 is 1.23 bits per heavy atom. The van der Waals surface area contributed by atoms with Crippen LogP contribution in [0.2, 0.25) is 0 Å². The van der Waals surface area contributed by atoms with Crippen molar-refractivity contribution in [3.63, 3.8) is 0 Å². The number of hydrogen-bond donors (Lipinski definition) is 1. The predicted molar refractivity (Wildman–Crippen MR) is 130 cm³/mol. The lowest BCUT2D eigenvalue weighted by Crippen LogP contribution is -2.43. The van der Waals surface area contributed by atoms with Crippen LogP contribution >= 0.6 is 0 Å². The van der Waals surface area contributed by atoms with Crippen molar-refractivity contribution < 1.29 is 26.9 Å². The van der Waals surface area contributed by atoms with E-state index >= 15 is 0 Å². The van der Waals surface area contributed by atoms with Gasteiger partial charge in [-0.3, -0.25) is 4.79 Å². The Hall–Kier alpha value is -3.50. The van der Waals surface area contributed by atoms with E-state index in [0.29, 0.717) is 24.3 Å². The molecule has 1 atom stereocenters. The van der Waals surface area contributed by atoms with Crippen molar-refractivity contribution in [1.82, 2.24) is 9.46 Å². The van der Waals surface area contributed by atoms with Gasteiger partial charge in [-0.15, -0.1) is 0 Å². The molecule has 1 amide bonds. The minimum atomic E-state index is -4.01. The monoisotopic (exact) mass is 499 g/mol. The average Bonchev–Trinajstić information content (AvgIpc) is 3.24. The highest BCUT2D eigenvalue weighted by Gasteiger charge is 2.37. The number of amides is 1. The van der Waals surface area contributed by atoms with Crippen molar-refractivity contribution in [2.45, 2.75) is 24.7 Å². The highest BCUT2D eigenvalue weighted by molar-refractivity contribution is 7.89. The third kappa shape index (κ3) is 5.44. The Labute approximate surface area is 203 Å². The summed E-state index contributed by atoms with van der Waals surface area (Å²) in [4.78, 5) is 12.8. The SMILES string of the molecule is COc1cccc(NC(=O)C2CCCN(S(=O)(=O)c3c(C)noc3/C=C/c3ccccc3F)C2)c1. The molecule has 3 aromatic rings. The predicted octanol–water partition coefficient (Wildman–Crippen LogP) is 4.34. The third-order valence-electron chi connectivity index (χ3n) is 5.84. The Bertz CT molecular complexity index is 1350. The number of hydrogen-bond acceptors (Lipinski definition) is 6. The lowest BCUT2D eigenvalue weighted by Gasteiger charge is -2.31. The van der Waals surface area contributed by atoms with Gasteiger partial charge in [0.2, 0.25) is 15.9 Å². The van der Waals surface area contributed by atoms with E-state index in [1.807, 2.05) is 0 Å². The summed E-state index contributed by atoms with van der Waals surface area (Å²) < 4.78 is 52.8. The topological polar surface area (TPSA) is 102 Å². The van der Waals surface area contributed by atoms with Gasteiger partial charge in [0.25, 0.3) is 0 Å². The number of aryl methyl sites for hydroxylation is 1. The number of aromatic nitrogens is 1. The molecule has 8 nitrogen and oxygen atoms in total. The lowest BCUT2D eigenvalue weighted by atomic mass is 9.98. The molecule has 2 aromatic carbocycles. The number of carbonyl (C=O) groups is 1. The van der Waals surface area contributed by atoms with Crippen molar-refractivity contribution in [3.8, 4) is 5.75 Å². The number of rotatable bonds is 7. The number of piperidine rings is 1. The van der Waals surface area contributed by atoms with Crippen LogP contribution in [0, 0.1) is 18.7 Å². The van der Waals surface area contributed by atoms with Crippen LogP contribution in [0.4, 0.5) is 10.1 Å². The maximum Gasteiger partial charge on any atom is 0.248 e. The average molecular weight is 500 g/mol. The number of carbonyl (C=O) groups excluding carboxylic acids is 1. The molecule has 184 valence electrons. The zero-order chi connectivity index (χ0) is 25.0. The van der Waals surface area contributed by atoms with E-state index in [2.05, 4.69) is 10.5 Å². The first-order valence-electron chi connectivity index (χ1n) is 11.1. The van der Waals surface area contributed by atoms with Gasteiger partial charge < -0.3 is 14.6 Å². The molecule has 2 heterocycles. The van der Waals surface area contributed by atoms with Gasteiger partial charge >= 0.3 is 0 Å². The summed E-state index contributed by atoms with van der Waals surface area (Å²) in [6, 6.07) is 13.1. The zero-order valence-electron chi connectivity index (χ0n) is 19.4. The van der Waals surface area contributed by atoms with Crippen LogP contribution in [0.25, 0.3) is 12.2 Å². The van der Waals surface area contributed by atoms with Gasteiger partial charge in [-0.05, 0) is 50.1 Å². The molecule has 1 unspecified atom stereocenters. The van der Waals surface area contributed by atoms with E-state index in [1.54, 1.807) is 42.5 Å². The molecule has 1 aromatic heterocycles. The molecule has 0 aliphatic carbocycles. The van der Waals surface area contributed by atoms with Crippen molar-refractivity contribution >= 4 is 33.8 Å². The molecule has 35 heavy (non-hydrogen) atoms. The standard InChI is InChI=1S/C25H26FN3O5S/c1-17-24(23(34-28-17)13-12-18-7-3-4-11-22(18)26)35(31,32)29-14-6-8-19(16-29)25(30)27-20-9-5-10-21(15-20)33-2/h3-5,7,9-13,15,19H,6,8,14,16H2,1-2H3,(H,27,30)/b13-12+. The summed E-state index contributed by atoms with van der Waals surface area (Å²) >= 11 is 0. The number of halogens is 1. The lowest BCUT2D eigenvalue weighted by molar-refractivity contribution is -0.120. The van der Waals surface area contributed by atoms with Crippen LogP contribution in [-0.4, -0.2) is 44.0 Å². The van der Waals surface area contributed by atoms with E-state index in [1.165, 1.54) is 36.6 Å². The molecule has 0 bridgehead atoms. The highest BCUT2D eigenvalue weighted by Crippen LogP contribution is 2.30. The van der Waals surface area contributed by atoms with Crippen LogP contribution in [0.1, 0.15) is 29.9 Å². The molecular formula is C25H26FN3O5S. The van der Waals surface area contributed by atoms with E-state index in [9.17, 15) is 17.6 Å². The second-order valence-corrected chi connectivity index (χ2v) is 10.1. The molecule has 0 spiro atoms. The number of nitrogens with zero attached hydrogens (tertiary/aromatic N) is 2. The summed E-state index contributed by atoms with van der Waals surface area (Å²) in [7, 11) is -2.47. The number of nitrogens with one attached hydrogen (secondary N) is 1. The smallest absolute Gasteiger partial charge is 0.248 e. The fourth-order valence-corrected chi connectivity index (χ4v) is 5.80. The van der Waals surface area contributed by atoms with Crippen LogP contribution < -0.4 is 10.1 Å². The number of benzene rings is 2. The third-order valence-corrected chi connectivity index (χ3v) is 7.87. The van der Waals surface area contributed by atoms with Crippen molar-refractivity contribution in [1.29, 1.82) is 0 Å². The van der Waals surface area contributed by atoms with Crippen LogP contribution in [0.15, 0.2) is 57.9 Å². The Morgan fingerprint density at radius 3 is 2.80 bits per heavy atom. The summed E-state index contributed by atoms with van der Waals surface area (Å²) in [5.41, 5.74) is 1.06.